The number of nitrogens with one attached hydrogen (secondary N) is 1. The monoisotopic (exact) mass is 350 g/mol. The molecule has 0 aliphatic heterocycles. The van der Waals surface area contributed by atoms with Crippen LogP contribution in [0.5, 0.6) is 0 Å². The van der Waals surface area contributed by atoms with Crippen LogP contribution in [0.2, 0.25) is 0 Å². The molecule has 3 aromatic rings. The number of hydrogen-bond donors (Lipinski definition) is 2. The van der Waals surface area contributed by atoms with Crippen molar-refractivity contribution in [2.24, 2.45) is 12.8 Å². The van der Waals surface area contributed by atoms with Crippen LogP contribution in [-0.2, 0) is 12.6 Å². The molecule has 0 unspecified atom stereocenters. The van der Waals surface area contributed by atoms with Crippen LogP contribution in [0.25, 0.3) is 22.5 Å². The van der Waals surface area contributed by atoms with Crippen LogP contribution < -0.4 is 17.0 Å². The van der Waals surface area contributed by atoms with Crippen molar-refractivity contribution in [3.8, 4) is 11.5 Å². The van der Waals surface area contributed by atoms with Crippen LogP contribution >= 0.6 is 12.4 Å². The van der Waals surface area contributed by atoms with Crippen molar-refractivity contribution in [3.05, 3.63) is 38.9 Å². The zero-order valence-electron chi connectivity index (χ0n) is 12.8. The second kappa shape index (κ2) is 5.53. The van der Waals surface area contributed by atoms with Crippen LogP contribution in [0.15, 0.2) is 26.4 Å². The van der Waals surface area contributed by atoms with Gasteiger partial charge < -0.3 is 10.3 Å². The number of rotatable bonds is 2. The molecule has 1 fully saturated rings. The Kier molecular flexibility index (Phi) is 3.77. The first-order chi connectivity index (χ1) is 11.0. The Morgan fingerprint density at radius 3 is 2.79 bits per heavy atom. The van der Waals surface area contributed by atoms with Crippen LogP contribution in [0.4, 0.5) is 0 Å². The van der Waals surface area contributed by atoms with Crippen molar-refractivity contribution in [3.63, 3.8) is 0 Å². The van der Waals surface area contributed by atoms with E-state index in [1.165, 1.54) is 17.8 Å². The molecule has 1 aliphatic rings. The zero-order valence-corrected chi connectivity index (χ0v) is 13.6. The first-order valence-electron chi connectivity index (χ1n) is 7.20. The first-order valence-corrected chi connectivity index (χ1v) is 7.20. The molecule has 0 radical (unpaired) electrons. The molecule has 0 aromatic carbocycles. The van der Waals surface area contributed by atoms with Gasteiger partial charge in [0.25, 0.3) is 11.4 Å². The van der Waals surface area contributed by atoms with E-state index in [0.29, 0.717) is 11.4 Å². The lowest BCUT2D eigenvalue weighted by molar-refractivity contribution is 0.229. The lowest BCUT2D eigenvalue weighted by Gasteiger charge is -2.34. The summed E-state index contributed by atoms with van der Waals surface area (Å²) >= 11 is 0. The summed E-state index contributed by atoms with van der Waals surface area (Å²) in [5.74, 6) is 0.715. The summed E-state index contributed by atoms with van der Waals surface area (Å²) in [6, 6.07) is 1.57. The van der Waals surface area contributed by atoms with Gasteiger partial charge in [-0.3, -0.25) is 14.3 Å². The fourth-order valence-corrected chi connectivity index (χ4v) is 2.68. The number of fused-ring (bicyclic) bond motifs is 1. The number of hydrogen-bond acceptors (Lipinski definition) is 7. The Morgan fingerprint density at radius 2 is 2.12 bits per heavy atom. The van der Waals surface area contributed by atoms with Gasteiger partial charge in [0.15, 0.2) is 5.82 Å². The van der Waals surface area contributed by atoms with Crippen molar-refractivity contribution in [2.75, 3.05) is 0 Å². The predicted molar refractivity (Wildman–Crippen MR) is 87.9 cm³/mol. The summed E-state index contributed by atoms with van der Waals surface area (Å²) in [4.78, 5) is 34.3. The van der Waals surface area contributed by atoms with Gasteiger partial charge in [0, 0.05) is 13.2 Å². The zero-order chi connectivity index (χ0) is 16.2. The SMILES string of the molecule is Cl.Cn1c(=O)[nH]c(=O)c2cc(-c3nc(C4(N)CCC4)no3)cnc21. The number of H-pyrrole nitrogens is 1. The predicted octanol–water partition coefficient (Wildman–Crippen LogP) is 0.431. The summed E-state index contributed by atoms with van der Waals surface area (Å²) < 4.78 is 6.52. The van der Waals surface area contributed by atoms with E-state index in [1.54, 1.807) is 6.07 Å². The van der Waals surface area contributed by atoms with Gasteiger partial charge in [-0.15, -0.1) is 12.4 Å². The molecule has 0 bridgehead atoms. The molecular formula is C14H15ClN6O3. The summed E-state index contributed by atoms with van der Waals surface area (Å²) in [5, 5.41) is 4.21. The maximum absolute atomic E-state index is 12.0. The number of halogens is 1. The first kappa shape index (κ1) is 16.3. The van der Waals surface area contributed by atoms with Gasteiger partial charge >= 0.3 is 5.69 Å². The van der Waals surface area contributed by atoms with Crippen molar-refractivity contribution in [1.82, 2.24) is 24.7 Å². The summed E-state index contributed by atoms with van der Waals surface area (Å²) in [5.41, 5.74) is 5.42. The van der Waals surface area contributed by atoms with E-state index in [9.17, 15) is 9.59 Å². The molecule has 1 saturated carbocycles. The second-order valence-electron chi connectivity index (χ2n) is 5.85. The minimum Gasteiger partial charge on any atom is -0.334 e. The molecule has 4 rings (SSSR count). The minimum absolute atomic E-state index is 0. The van der Waals surface area contributed by atoms with E-state index in [-0.39, 0.29) is 29.3 Å². The third-order valence-electron chi connectivity index (χ3n) is 4.32. The van der Waals surface area contributed by atoms with E-state index >= 15 is 0 Å². The number of aryl methyl sites for hydroxylation is 1. The number of pyridine rings is 1. The van der Waals surface area contributed by atoms with Gasteiger partial charge in [-0.25, -0.2) is 9.78 Å². The Bertz CT molecular complexity index is 1030. The van der Waals surface area contributed by atoms with Gasteiger partial charge in [0.05, 0.1) is 16.5 Å². The normalized spacial score (nSPS) is 15.8. The highest BCUT2D eigenvalue weighted by Gasteiger charge is 2.39. The van der Waals surface area contributed by atoms with Gasteiger partial charge in [-0.05, 0) is 25.3 Å². The molecule has 3 N–H and O–H groups in total. The van der Waals surface area contributed by atoms with Gasteiger partial charge in [-0.2, -0.15) is 4.98 Å². The molecule has 3 aromatic heterocycles. The molecular weight excluding hydrogens is 336 g/mol. The van der Waals surface area contributed by atoms with Crippen molar-refractivity contribution < 1.29 is 4.52 Å². The van der Waals surface area contributed by atoms with Gasteiger partial charge in [0.1, 0.15) is 5.65 Å². The number of aromatic amines is 1. The lowest BCUT2D eigenvalue weighted by atomic mass is 9.77. The molecule has 0 amide bonds. The molecule has 0 atom stereocenters. The summed E-state index contributed by atoms with van der Waals surface area (Å²) in [6.45, 7) is 0. The second-order valence-corrected chi connectivity index (χ2v) is 5.85. The van der Waals surface area contributed by atoms with E-state index < -0.39 is 16.8 Å². The number of nitrogens with zero attached hydrogens (tertiary/aromatic N) is 4. The average Bonchev–Trinajstić information content (AvgIpc) is 3.00. The molecule has 3 heterocycles. The largest absolute Gasteiger partial charge is 0.334 e. The Morgan fingerprint density at radius 1 is 1.38 bits per heavy atom. The van der Waals surface area contributed by atoms with E-state index in [0.717, 1.165) is 19.3 Å². The fraction of sp³-hybridized carbons (Fsp3) is 0.357. The van der Waals surface area contributed by atoms with Crippen LogP contribution in [0.3, 0.4) is 0 Å². The molecule has 9 nitrogen and oxygen atoms in total. The molecule has 24 heavy (non-hydrogen) atoms. The molecule has 0 spiro atoms. The van der Waals surface area contributed by atoms with Crippen molar-refractivity contribution in [2.45, 2.75) is 24.8 Å². The molecule has 126 valence electrons. The molecule has 0 saturated heterocycles. The average molecular weight is 351 g/mol. The minimum atomic E-state index is -0.520. The smallest absolute Gasteiger partial charge is 0.329 e. The van der Waals surface area contributed by atoms with Gasteiger partial charge in [-0.1, -0.05) is 5.16 Å². The maximum Gasteiger partial charge on any atom is 0.329 e. The maximum atomic E-state index is 12.0. The van der Waals surface area contributed by atoms with E-state index in [2.05, 4.69) is 20.1 Å². The van der Waals surface area contributed by atoms with Crippen molar-refractivity contribution >= 4 is 23.4 Å². The summed E-state index contributed by atoms with van der Waals surface area (Å²) in [7, 11) is 1.53. The van der Waals surface area contributed by atoms with Crippen LogP contribution in [0.1, 0.15) is 25.1 Å². The lowest BCUT2D eigenvalue weighted by Crippen LogP contribution is -2.44. The third kappa shape index (κ3) is 2.33. The Labute approximate surface area is 141 Å². The third-order valence-corrected chi connectivity index (χ3v) is 4.32. The topological polar surface area (TPSA) is 133 Å². The molecule has 1 aliphatic carbocycles. The van der Waals surface area contributed by atoms with Crippen LogP contribution in [-0.4, -0.2) is 24.7 Å². The summed E-state index contributed by atoms with van der Waals surface area (Å²) in [6.07, 6.45) is 4.18. The molecule has 10 heteroatoms. The number of aromatic nitrogens is 5. The standard InChI is InChI=1S/C14H14N6O3.ClH/c1-20-9-8(10(21)17-13(20)22)5-7(6-16-9)11-18-12(19-23-11)14(15)3-2-4-14;/h5-6H,2-4,15H2,1H3,(H,17,21,22);1H. The van der Waals surface area contributed by atoms with Crippen molar-refractivity contribution in [1.29, 1.82) is 0 Å². The van der Waals surface area contributed by atoms with Gasteiger partial charge in [0.2, 0.25) is 0 Å². The van der Waals surface area contributed by atoms with E-state index in [4.69, 9.17) is 10.3 Å². The Hall–Kier alpha value is -2.52. The number of nitrogens with two attached hydrogens (primary N) is 1. The van der Waals surface area contributed by atoms with Crippen LogP contribution in [0, 0.1) is 0 Å². The Balaban J connectivity index is 0.00000169. The highest BCUT2D eigenvalue weighted by Crippen LogP contribution is 2.37. The highest BCUT2D eigenvalue weighted by molar-refractivity contribution is 5.85. The fourth-order valence-electron chi connectivity index (χ4n) is 2.68. The quantitative estimate of drug-likeness (QED) is 0.684. The van der Waals surface area contributed by atoms with E-state index in [1.807, 2.05) is 0 Å². The highest BCUT2D eigenvalue weighted by atomic mass is 35.5.